The highest BCUT2D eigenvalue weighted by atomic mass is 16.6. The van der Waals surface area contributed by atoms with Crippen LogP contribution in [-0.4, -0.2) is 19.2 Å². The number of rotatable bonds is 4. The highest BCUT2D eigenvalue weighted by Gasteiger charge is 2.46. The average Bonchev–Trinajstić information content (AvgIpc) is 3.43. The molecule has 1 saturated carbocycles. The summed E-state index contributed by atoms with van der Waals surface area (Å²) >= 11 is 0. The van der Waals surface area contributed by atoms with Gasteiger partial charge in [0, 0.05) is 5.69 Å². The first-order valence-electron chi connectivity index (χ1n) is 9.57. The molecule has 2 aromatic rings. The summed E-state index contributed by atoms with van der Waals surface area (Å²) in [5.41, 5.74) is 3.87. The van der Waals surface area contributed by atoms with Crippen LogP contribution < -0.4 is 20.1 Å². The van der Waals surface area contributed by atoms with E-state index in [0.29, 0.717) is 19.1 Å². The van der Waals surface area contributed by atoms with Crippen molar-refractivity contribution >= 4 is 11.7 Å². The largest absolute Gasteiger partial charge is 0.486 e. The van der Waals surface area contributed by atoms with E-state index in [0.717, 1.165) is 46.7 Å². The topological polar surface area (TPSA) is 59.6 Å². The van der Waals surface area contributed by atoms with Crippen molar-refractivity contribution in [1.82, 2.24) is 5.32 Å². The molecule has 27 heavy (non-hydrogen) atoms. The normalized spacial score (nSPS) is 16.7. The Morgan fingerprint density at radius 2 is 1.81 bits per heavy atom. The van der Waals surface area contributed by atoms with Crippen molar-refractivity contribution in [2.75, 3.05) is 18.5 Å². The number of para-hydroxylation sites is 1. The van der Waals surface area contributed by atoms with Gasteiger partial charge in [-0.1, -0.05) is 38.1 Å². The molecule has 2 amide bonds. The van der Waals surface area contributed by atoms with E-state index in [1.807, 2.05) is 37.3 Å². The predicted octanol–water partition coefficient (Wildman–Crippen LogP) is 4.70. The molecular formula is C22H26N2O3. The van der Waals surface area contributed by atoms with Crippen LogP contribution in [0.5, 0.6) is 11.5 Å². The van der Waals surface area contributed by atoms with E-state index in [2.05, 4.69) is 30.5 Å². The van der Waals surface area contributed by atoms with Gasteiger partial charge in [-0.05, 0) is 54.5 Å². The zero-order valence-electron chi connectivity index (χ0n) is 16.1. The number of carbonyl (C=O) groups excluding carboxylic acids is 1. The quantitative estimate of drug-likeness (QED) is 0.824. The number of urea groups is 1. The summed E-state index contributed by atoms with van der Waals surface area (Å²) in [6.45, 7) is 7.43. The van der Waals surface area contributed by atoms with Crippen LogP contribution in [0.15, 0.2) is 36.4 Å². The Morgan fingerprint density at radius 3 is 2.52 bits per heavy atom. The standard InChI is InChI=1S/C22H26N2O3/c1-14(2)17-6-4-5-15(3)20(17)23-21(25)24-22(9-10-22)16-7-8-18-19(13-16)27-12-11-26-18/h4-8,13-14H,9-12H2,1-3H3,(H2,23,24,25). The van der Waals surface area contributed by atoms with Crippen molar-refractivity contribution in [1.29, 1.82) is 0 Å². The van der Waals surface area contributed by atoms with Crippen LogP contribution in [0.3, 0.4) is 0 Å². The zero-order valence-corrected chi connectivity index (χ0v) is 16.1. The third-order valence-electron chi connectivity index (χ3n) is 5.36. The molecule has 5 nitrogen and oxygen atoms in total. The number of aryl methyl sites for hydroxylation is 1. The maximum Gasteiger partial charge on any atom is 0.319 e. The Morgan fingerprint density at radius 1 is 1.07 bits per heavy atom. The van der Waals surface area contributed by atoms with Crippen LogP contribution in [0.25, 0.3) is 0 Å². The van der Waals surface area contributed by atoms with E-state index in [-0.39, 0.29) is 11.6 Å². The Balaban J connectivity index is 1.52. The van der Waals surface area contributed by atoms with Crippen LogP contribution in [-0.2, 0) is 5.54 Å². The first kappa shape index (κ1) is 17.7. The highest BCUT2D eigenvalue weighted by Crippen LogP contribution is 2.48. The minimum atomic E-state index is -0.319. The fraction of sp³-hybridized carbons (Fsp3) is 0.409. The lowest BCUT2D eigenvalue weighted by Crippen LogP contribution is -2.38. The Labute approximate surface area is 160 Å². The summed E-state index contributed by atoms with van der Waals surface area (Å²) in [6.07, 6.45) is 1.84. The lowest BCUT2D eigenvalue weighted by molar-refractivity contribution is 0.171. The van der Waals surface area contributed by atoms with Crippen molar-refractivity contribution in [2.45, 2.75) is 45.1 Å². The minimum Gasteiger partial charge on any atom is -0.486 e. The molecule has 0 unspecified atom stereocenters. The van der Waals surface area contributed by atoms with Crippen LogP contribution in [0, 0.1) is 6.92 Å². The number of fused-ring (bicyclic) bond motifs is 1. The second kappa shape index (κ2) is 6.80. The Kier molecular flexibility index (Phi) is 4.46. The van der Waals surface area contributed by atoms with Gasteiger partial charge < -0.3 is 20.1 Å². The third kappa shape index (κ3) is 3.46. The van der Waals surface area contributed by atoms with Gasteiger partial charge in [0.15, 0.2) is 11.5 Å². The van der Waals surface area contributed by atoms with Gasteiger partial charge in [-0.25, -0.2) is 4.79 Å². The number of hydrogen-bond acceptors (Lipinski definition) is 3. The van der Waals surface area contributed by atoms with Crippen LogP contribution in [0.2, 0.25) is 0 Å². The summed E-state index contributed by atoms with van der Waals surface area (Å²) in [5.74, 6) is 1.87. The van der Waals surface area contributed by atoms with Crippen molar-refractivity contribution < 1.29 is 14.3 Å². The van der Waals surface area contributed by atoms with Gasteiger partial charge in [0.2, 0.25) is 0 Å². The third-order valence-corrected chi connectivity index (χ3v) is 5.36. The molecule has 4 rings (SSSR count). The summed E-state index contributed by atoms with van der Waals surface area (Å²) in [6, 6.07) is 11.9. The molecule has 142 valence electrons. The summed E-state index contributed by atoms with van der Waals surface area (Å²) in [7, 11) is 0. The molecule has 0 spiro atoms. The number of carbonyl (C=O) groups is 1. The summed E-state index contributed by atoms with van der Waals surface area (Å²) < 4.78 is 11.3. The number of nitrogens with one attached hydrogen (secondary N) is 2. The molecule has 2 aromatic carbocycles. The van der Waals surface area contributed by atoms with Crippen molar-refractivity contribution in [2.24, 2.45) is 0 Å². The molecule has 5 heteroatoms. The van der Waals surface area contributed by atoms with Crippen molar-refractivity contribution in [3.05, 3.63) is 53.1 Å². The monoisotopic (exact) mass is 366 g/mol. The van der Waals surface area contributed by atoms with Crippen molar-refractivity contribution in [3.8, 4) is 11.5 Å². The lowest BCUT2D eigenvalue weighted by atomic mass is 9.98. The van der Waals surface area contributed by atoms with Gasteiger partial charge in [0.1, 0.15) is 13.2 Å². The summed E-state index contributed by atoms with van der Waals surface area (Å²) in [4.78, 5) is 12.8. The van der Waals surface area contributed by atoms with Gasteiger partial charge in [0.05, 0.1) is 5.54 Å². The van der Waals surface area contributed by atoms with Gasteiger partial charge in [-0.2, -0.15) is 0 Å². The van der Waals surface area contributed by atoms with Crippen LogP contribution >= 0.6 is 0 Å². The fourth-order valence-electron chi connectivity index (χ4n) is 3.66. The molecule has 0 saturated heterocycles. The van der Waals surface area contributed by atoms with E-state index in [1.165, 1.54) is 0 Å². The van der Waals surface area contributed by atoms with Gasteiger partial charge >= 0.3 is 6.03 Å². The Bertz CT molecular complexity index is 872. The van der Waals surface area contributed by atoms with E-state index < -0.39 is 0 Å². The smallest absolute Gasteiger partial charge is 0.319 e. The number of anilines is 1. The average molecular weight is 366 g/mol. The number of benzene rings is 2. The van der Waals surface area contributed by atoms with E-state index in [9.17, 15) is 4.79 Å². The fourth-order valence-corrected chi connectivity index (χ4v) is 3.66. The Hall–Kier alpha value is -2.69. The number of amides is 2. The second-order valence-electron chi connectivity index (χ2n) is 7.71. The van der Waals surface area contributed by atoms with E-state index in [1.54, 1.807) is 0 Å². The minimum absolute atomic E-state index is 0.168. The molecule has 0 aromatic heterocycles. The SMILES string of the molecule is Cc1cccc(C(C)C)c1NC(=O)NC1(c2ccc3c(c2)OCCO3)CC1. The first-order chi connectivity index (χ1) is 13.0. The second-order valence-corrected chi connectivity index (χ2v) is 7.71. The molecule has 1 aliphatic carbocycles. The molecule has 2 N–H and O–H groups in total. The molecule has 1 heterocycles. The van der Waals surface area contributed by atoms with Gasteiger partial charge in [-0.15, -0.1) is 0 Å². The number of ether oxygens (including phenoxy) is 2. The molecule has 0 bridgehead atoms. The molecule has 0 atom stereocenters. The van der Waals surface area contributed by atoms with E-state index >= 15 is 0 Å². The zero-order chi connectivity index (χ0) is 19.0. The highest BCUT2D eigenvalue weighted by molar-refractivity contribution is 5.92. The maximum absolute atomic E-state index is 12.8. The molecule has 0 radical (unpaired) electrons. The summed E-state index contributed by atoms with van der Waals surface area (Å²) in [5, 5.41) is 6.27. The molecule has 1 aliphatic heterocycles. The molecule has 2 aliphatic rings. The van der Waals surface area contributed by atoms with E-state index in [4.69, 9.17) is 9.47 Å². The number of hydrogen-bond donors (Lipinski definition) is 2. The predicted molar refractivity (Wildman–Crippen MR) is 106 cm³/mol. The first-order valence-corrected chi connectivity index (χ1v) is 9.57. The van der Waals surface area contributed by atoms with Crippen LogP contribution in [0.4, 0.5) is 10.5 Å². The van der Waals surface area contributed by atoms with Crippen LogP contribution in [0.1, 0.15) is 49.3 Å². The van der Waals surface area contributed by atoms with Gasteiger partial charge in [0.25, 0.3) is 0 Å². The lowest BCUT2D eigenvalue weighted by Gasteiger charge is -2.23. The van der Waals surface area contributed by atoms with Gasteiger partial charge in [-0.3, -0.25) is 0 Å². The molecular weight excluding hydrogens is 340 g/mol. The maximum atomic E-state index is 12.8. The van der Waals surface area contributed by atoms with Crippen molar-refractivity contribution in [3.63, 3.8) is 0 Å². The molecule has 1 fully saturated rings.